The zero-order valence-electron chi connectivity index (χ0n) is 24.8. The molecule has 0 saturated heterocycles. The van der Waals surface area contributed by atoms with E-state index in [0.717, 1.165) is 25.7 Å². The number of unbranched alkanes of at least 4 members (excludes halogenated alkanes) is 1. The van der Waals surface area contributed by atoms with Crippen molar-refractivity contribution in [1.82, 2.24) is 0 Å². The molecule has 38 heavy (non-hydrogen) atoms. The quantitative estimate of drug-likeness (QED) is 0.0724. The van der Waals surface area contributed by atoms with Gasteiger partial charge in [0.15, 0.2) is 8.32 Å². The Bertz CT molecular complexity index is 505. The molecule has 0 radical (unpaired) electrons. The van der Waals surface area contributed by atoms with Crippen molar-refractivity contribution in [3.63, 3.8) is 0 Å². The second-order valence-electron chi connectivity index (χ2n) is 9.66. The van der Waals surface area contributed by atoms with E-state index < -0.39 is 8.32 Å². The van der Waals surface area contributed by atoms with Gasteiger partial charge < -0.3 is 42.3 Å². The van der Waals surface area contributed by atoms with E-state index >= 15 is 0 Å². The molecule has 0 bridgehead atoms. The fourth-order valence-electron chi connectivity index (χ4n) is 3.09. The predicted molar refractivity (Wildman–Crippen MR) is 149 cm³/mol. The first kappa shape index (κ1) is 37.4. The lowest BCUT2D eigenvalue weighted by atomic mass is 10.00. The second kappa shape index (κ2) is 27.9. The maximum absolute atomic E-state index is 12.0. The van der Waals surface area contributed by atoms with Gasteiger partial charge in [-0.2, -0.15) is 0 Å². The molecule has 0 aliphatic heterocycles. The molecule has 1 atom stereocenters. The summed E-state index contributed by atoms with van der Waals surface area (Å²) in [5.41, 5.74) is 0. The van der Waals surface area contributed by atoms with E-state index in [0.29, 0.717) is 99.1 Å². The van der Waals surface area contributed by atoms with Gasteiger partial charge >= 0.3 is 5.97 Å². The zero-order chi connectivity index (χ0) is 28.2. The van der Waals surface area contributed by atoms with Gasteiger partial charge in [0.1, 0.15) is 6.61 Å². The van der Waals surface area contributed by atoms with Crippen molar-refractivity contribution in [1.29, 1.82) is 0 Å². The van der Waals surface area contributed by atoms with Crippen LogP contribution in [0.2, 0.25) is 19.6 Å². The molecule has 10 nitrogen and oxygen atoms in total. The number of hydrogen-bond acceptors (Lipinski definition) is 10. The Balaban J connectivity index is 3.19. The van der Waals surface area contributed by atoms with Crippen LogP contribution in [0.3, 0.4) is 0 Å². The first-order valence-electron chi connectivity index (χ1n) is 14.3. The maximum atomic E-state index is 12.0. The van der Waals surface area contributed by atoms with Gasteiger partial charge in [-0.15, -0.1) is 0 Å². The van der Waals surface area contributed by atoms with E-state index in [1.165, 1.54) is 0 Å². The van der Waals surface area contributed by atoms with Crippen LogP contribution < -0.4 is 0 Å². The van der Waals surface area contributed by atoms with E-state index in [1.807, 2.05) is 6.92 Å². The van der Waals surface area contributed by atoms with Crippen LogP contribution in [0.15, 0.2) is 0 Å². The van der Waals surface area contributed by atoms with E-state index in [-0.39, 0.29) is 18.5 Å². The molecular formula is C27H56O10Si. The summed E-state index contributed by atoms with van der Waals surface area (Å²) >= 11 is 0. The first-order valence-corrected chi connectivity index (χ1v) is 17.7. The van der Waals surface area contributed by atoms with Crippen molar-refractivity contribution in [3.05, 3.63) is 0 Å². The summed E-state index contributed by atoms with van der Waals surface area (Å²) in [5.74, 6) is -0.111. The summed E-state index contributed by atoms with van der Waals surface area (Å²) in [7, 11) is -1.45. The lowest BCUT2D eigenvalue weighted by Gasteiger charge is -2.16. The van der Waals surface area contributed by atoms with Gasteiger partial charge in [-0.3, -0.25) is 4.79 Å². The number of hydrogen-bond donors (Lipinski definition) is 0. The Hall–Kier alpha value is -0.633. The highest BCUT2D eigenvalue weighted by atomic mass is 28.4. The van der Waals surface area contributed by atoms with Gasteiger partial charge in [-0.05, 0) is 32.5 Å². The minimum Gasteiger partial charge on any atom is -0.463 e. The highest BCUT2D eigenvalue weighted by molar-refractivity contribution is 6.69. The molecule has 228 valence electrons. The fourth-order valence-corrected chi connectivity index (χ4v) is 3.78. The fraction of sp³-hybridized carbons (Fsp3) is 0.963. The molecule has 0 amide bonds. The van der Waals surface area contributed by atoms with Crippen molar-refractivity contribution in [2.45, 2.75) is 59.2 Å². The van der Waals surface area contributed by atoms with E-state index in [9.17, 15) is 4.79 Å². The zero-order valence-corrected chi connectivity index (χ0v) is 25.8. The molecular weight excluding hydrogens is 512 g/mol. The Kier molecular flexibility index (Phi) is 27.5. The van der Waals surface area contributed by atoms with Crippen LogP contribution in [-0.4, -0.2) is 120 Å². The largest absolute Gasteiger partial charge is 0.463 e. The summed E-state index contributed by atoms with van der Waals surface area (Å²) in [5, 5.41) is 0. The molecule has 0 saturated carbocycles. The van der Waals surface area contributed by atoms with E-state index in [1.54, 1.807) is 0 Å². The van der Waals surface area contributed by atoms with Gasteiger partial charge in [-0.25, -0.2) is 0 Å². The van der Waals surface area contributed by atoms with Gasteiger partial charge in [0, 0.05) is 0 Å². The van der Waals surface area contributed by atoms with Crippen LogP contribution in [0.4, 0.5) is 0 Å². The third-order valence-electron chi connectivity index (χ3n) is 5.20. The summed E-state index contributed by atoms with van der Waals surface area (Å²) in [4.78, 5) is 12.0. The van der Waals surface area contributed by atoms with Gasteiger partial charge in [0.05, 0.1) is 105 Å². The van der Waals surface area contributed by atoms with Crippen molar-refractivity contribution in [2.75, 3.05) is 106 Å². The van der Waals surface area contributed by atoms with Crippen molar-refractivity contribution < 1.29 is 47.1 Å². The molecule has 1 unspecified atom stereocenters. The average Bonchev–Trinajstić information content (AvgIpc) is 2.88. The predicted octanol–water partition coefficient (Wildman–Crippen LogP) is 3.71. The van der Waals surface area contributed by atoms with Crippen LogP contribution in [0.1, 0.15) is 39.5 Å². The maximum Gasteiger partial charge on any atom is 0.308 e. The molecule has 0 aromatic carbocycles. The highest BCUT2D eigenvalue weighted by Crippen LogP contribution is 2.14. The molecule has 0 aromatic heterocycles. The molecule has 0 aliphatic rings. The van der Waals surface area contributed by atoms with Gasteiger partial charge in [0.2, 0.25) is 0 Å². The summed E-state index contributed by atoms with van der Waals surface area (Å²) in [6.07, 6.45) is 3.86. The molecule has 0 aliphatic carbocycles. The average molecular weight is 569 g/mol. The molecule has 0 aromatic rings. The molecule has 11 heteroatoms. The summed E-state index contributed by atoms with van der Waals surface area (Å²) in [6, 6.07) is 0. The third-order valence-corrected chi connectivity index (χ3v) is 6.27. The lowest BCUT2D eigenvalue weighted by molar-refractivity contribution is -0.150. The van der Waals surface area contributed by atoms with E-state index in [4.69, 9.17) is 42.3 Å². The molecule has 0 fully saturated rings. The number of carbonyl (C=O) groups is 1. The number of ether oxygens (including phenoxy) is 8. The Labute approximate surface area is 232 Å². The monoisotopic (exact) mass is 568 g/mol. The normalized spacial score (nSPS) is 12.7. The number of esters is 1. The Morgan fingerprint density at radius 2 is 0.895 bits per heavy atom. The van der Waals surface area contributed by atoms with Crippen LogP contribution >= 0.6 is 0 Å². The highest BCUT2D eigenvalue weighted by Gasteiger charge is 2.17. The van der Waals surface area contributed by atoms with Crippen molar-refractivity contribution >= 4 is 14.3 Å². The smallest absolute Gasteiger partial charge is 0.308 e. The van der Waals surface area contributed by atoms with Crippen LogP contribution in [-0.2, 0) is 47.1 Å². The summed E-state index contributed by atoms with van der Waals surface area (Å²) < 4.78 is 49.2. The minimum atomic E-state index is -1.45. The molecule has 0 spiro atoms. The first-order chi connectivity index (χ1) is 18.4. The lowest BCUT2D eigenvalue weighted by Crippen LogP contribution is -2.27. The van der Waals surface area contributed by atoms with Crippen LogP contribution in [0.25, 0.3) is 0 Å². The van der Waals surface area contributed by atoms with E-state index in [2.05, 4.69) is 26.6 Å². The number of carbonyl (C=O) groups excluding carboxylic acids is 1. The van der Waals surface area contributed by atoms with Crippen LogP contribution in [0, 0.1) is 5.92 Å². The Morgan fingerprint density at radius 1 is 0.553 bits per heavy atom. The SMILES string of the molecule is CCCCC(CC)C(=O)OCCOCCOCCOCCOCCOCCOCCOCCO[Si](C)(C)C. The molecule has 0 N–H and O–H groups in total. The van der Waals surface area contributed by atoms with Crippen molar-refractivity contribution in [3.8, 4) is 0 Å². The number of rotatable bonds is 30. The van der Waals surface area contributed by atoms with Gasteiger partial charge in [-0.1, -0.05) is 26.7 Å². The minimum absolute atomic E-state index is 0.00386. The van der Waals surface area contributed by atoms with Crippen LogP contribution in [0.5, 0.6) is 0 Å². The molecule has 0 rings (SSSR count). The second-order valence-corrected chi connectivity index (χ2v) is 14.2. The topological polar surface area (TPSA) is 100 Å². The molecule has 0 heterocycles. The van der Waals surface area contributed by atoms with Crippen molar-refractivity contribution in [2.24, 2.45) is 5.92 Å². The third kappa shape index (κ3) is 28.4. The van der Waals surface area contributed by atoms with Gasteiger partial charge in [0.25, 0.3) is 0 Å². The Morgan fingerprint density at radius 3 is 1.21 bits per heavy atom. The standard InChI is InChI=1S/C27H56O10Si/c1-6-8-9-26(7-2)27(28)36-24-22-34-20-18-32-16-14-30-12-10-29-11-13-31-15-17-33-19-21-35-23-25-37-38(3,4)5/h26H,6-25H2,1-5H3. The summed E-state index contributed by atoms with van der Waals surface area (Å²) in [6.45, 7) is 18.7.